The highest BCUT2D eigenvalue weighted by Crippen LogP contribution is 1.96. The Kier molecular flexibility index (Phi) is 8.74. The van der Waals surface area contributed by atoms with Gasteiger partial charge in [0.1, 0.15) is 6.04 Å². The van der Waals surface area contributed by atoms with Crippen LogP contribution >= 0.6 is 0 Å². The number of nitrogens with two attached hydrogens (primary N) is 1. The number of rotatable bonds is 2. The van der Waals surface area contributed by atoms with E-state index < -0.39 is 12.0 Å². The van der Waals surface area contributed by atoms with E-state index >= 15 is 0 Å². The largest absolute Gasteiger partial charge is 0.480 e. The molecule has 3 nitrogen and oxygen atoms in total. The van der Waals surface area contributed by atoms with Gasteiger partial charge in [-0.2, -0.15) is 0 Å². The molecular weight excluding hydrogens is 162 g/mol. The van der Waals surface area contributed by atoms with Crippen molar-refractivity contribution in [3.05, 3.63) is 0 Å². The van der Waals surface area contributed by atoms with Crippen molar-refractivity contribution in [3.63, 3.8) is 0 Å². The van der Waals surface area contributed by atoms with Crippen LogP contribution < -0.4 is 5.73 Å². The lowest BCUT2D eigenvalue weighted by Gasteiger charge is -2.07. The van der Waals surface area contributed by atoms with Crippen LogP contribution in [0.4, 0.5) is 0 Å². The summed E-state index contributed by atoms with van der Waals surface area (Å²) in [5.74, 6) is -0.910. The fourth-order valence-corrected chi connectivity index (χ4v) is 0.285. The van der Waals surface area contributed by atoms with E-state index in [0.29, 0.717) is 0 Å². The Hall–Kier alpha value is -0.136. The van der Waals surface area contributed by atoms with Gasteiger partial charge in [0.2, 0.25) is 0 Å². The summed E-state index contributed by atoms with van der Waals surface area (Å²) < 4.78 is 0. The van der Waals surface area contributed by atoms with E-state index in [1.807, 2.05) is 0 Å². The smallest absolute Gasteiger partial charge is 0.320 e. The lowest BCUT2D eigenvalue weighted by Crippen LogP contribution is -2.34. The SMILES string of the molecule is CC(C)[C@H](N)C(=O)O.[SiH3][SiH3]. The van der Waals surface area contributed by atoms with Gasteiger partial charge in [-0.3, -0.25) is 4.79 Å². The van der Waals surface area contributed by atoms with Crippen LogP contribution in [0.25, 0.3) is 0 Å². The summed E-state index contributed by atoms with van der Waals surface area (Å²) in [6.07, 6.45) is 0. The maximum absolute atomic E-state index is 10.0. The highest BCUT2D eigenvalue weighted by molar-refractivity contribution is 6.75. The van der Waals surface area contributed by atoms with Gasteiger partial charge in [-0.15, -0.1) is 0 Å². The highest BCUT2D eigenvalue weighted by atomic mass is 29.1. The Labute approximate surface area is 67.6 Å². The normalized spacial score (nSPS) is 12.4. The van der Waals surface area contributed by atoms with Crippen molar-refractivity contribution >= 4 is 25.5 Å². The Bertz CT molecular complexity index is 97.6. The van der Waals surface area contributed by atoms with E-state index in [1.54, 1.807) is 13.8 Å². The Balaban J connectivity index is 0. The molecule has 0 aromatic heterocycles. The quantitative estimate of drug-likeness (QED) is 0.468. The van der Waals surface area contributed by atoms with Crippen molar-refractivity contribution in [1.29, 1.82) is 0 Å². The molecule has 5 heteroatoms. The second-order valence-corrected chi connectivity index (χ2v) is 2.11. The predicted octanol–water partition coefficient (Wildman–Crippen LogP) is -2.31. The molecule has 0 saturated heterocycles. The van der Waals surface area contributed by atoms with Crippen LogP contribution in [0, 0.1) is 5.92 Å². The van der Waals surface area contributed by atoms with Crippen LogP contribution in [-0.2, 0) is 4.79 Å². The molecule has 0 saturated carbocycles. The molecule has 0 rings (SSSR count). The van der Waals surface area contributed by atoms with Crippen molar-refractivity contribution in [2.24, 2.45) is 11.7 Å². The first-order chi connectivity index (χ1) is 4.55. The number of aliphatic carboxylic acids is 1. The molecule has 62 valence electrons. The van der Waals surface area contributed by atoms with Gasteiger partial charge in [0.15, 0.2) is 0 Å². The van der Waals surface area contributed by atoms with Gasteiger partial charge in [0.25, 0.3) is 0 Å². The molecule has 0 radical (unpaired) electrons. The first kappa shape index (κ1) is 12.5. The van der Waals surface area contributed by atoms with E-state index in [0.717, 1.165) is 0 Å². The van der Waals surface area contributed by atoms with Crippen molar-refractivity contribution in [1.82, 2.24) is 0 Å². The molecule has 0 bridgehead atoms. The third-order valence-corrected chi connectivity index (χ3v) is 1.00. The van der Waals surface area contributed by atoms with Gasteiger partial charge in [0, 0.05) is 0 Å². The second-order valence-electron chi connectivity index (χ2n) is 2.11. The van der Waals surface area contributed by atoms with Crippen LogP contribution in [0.2, 0.25) is 0 Å². The van der Waals surface area contributed by atoms with Crippen molar-refractivity contribution in [3.8, 4) is 0 Å². The molecule has 10 heavy (non-hydrogen) atoms. The fraction of sp³-hybridized carbons (Fsp3) is 0.800. The van der Waals surface area contributed by atoms with Crippen LogP contribution in [0.1, 0.15) is 13.8 Å². The summed E-state index contributed by atoms with van der Waals surface area (Å²) >= 11 is 0. The summed E-state index contributed by atoms with van der Waals surface area (Å²) in [6, 6.07) is -0.713. The van der Waals surface area contributed by atoms with Crippen LogP contribution in [-0.4, -0.2) is 36.6 Å². The zero-order valence-corrected chi connectivity index (χ0v) is 11.1. The summed E-state index contributed by atoms with van der Waals surface area (Å²) in [6.45, 7) is 3.55. The molecule has 0 aromatic carbocycles. The Morgan fingerprint density at radius 3 is 1.80 bits per heavy atom. The van der Waals surface area contributed by atoms with Crippen LogP contribution in [0.5, 0.6) is 0 Å². The molecule has 0 aliphatic rings. The van der Waals surface area contributed by atoms with Crippen LogP contribution in [0.3, 0.4) is 0 Å². The minimum absolute atomic E-state index is 0.0208. The zero-order chi connectivity index (χ0) is 8.73. The molecule has 0 fully saturated rings. The summed E-state index contributed by atoms with van der Waals surface area (Å²) in [4.78, 5) is 10.0. The molecule has 3 N–H and O–H groups in total. The van der Waals surface area contributed by atoms with E-state index in [9.17, 15) is 4.79 Å². The minimum atomic E-state index is -0.931. The third kappa shape index (κ3) is 5.99. The summed E-state index contributed by atoms with van der Waals surface area (Å²) in [7, 11) is 2.89. The monoisotopic (exact) mass is 179 g/mol. The maximum atomic E-state index is 10.0. The van der Waals surface area contributed by atoms with Gasteiger partial charge in [0.05, 0.1) is 0 Å². The summed E-state index contributed by atoms with van der Waals surface area (Å²) in [5, 5.41) is 8.23. The lowest BCUT2D eigenvalue weighted by atomic mass is 10.1. The molecule has 0 spiro atoms. The average molecular weight is 179 g/mol. The average Bonchev–Trinajstić information content (AvgIpc) is 1.90. The van der Waals surface area contributed by atoms with Crippen LogP contribution in [0.15, 0.2) is 0 Å². The number of hydrogen-bond donors (Lipinski definition) is 2. The van der Waals surface area contributed by atoms with Crippen molar-refractivity contribution in [2.45, 2.75) is 19.9 Å². The van der Waals surface area contributed by atoms with Crippen molar-refractivity contribution in [2.75, 3.05) is 0 Å². The molecule has 0 heterocycles. The van der Waals surface area contributed by atoms with E-state index in [4.69, 9.17) is 10.8 Å². The molecule has 0 aliphatic heterocycles. The Morgan fingerprint density at radius 2 is 1.80 bits per heavy atom. The van der Waals surface area contributed by atoms with Gasteiger partial charge in [-0.25, -0.2) is 0 Å². The number of carboxylic acids is 1. The molecule has 1 atom stereocenters. The van der Waals surface area contributed by atoms with E-state index in [1.165, 1.54) is 19.5 Å². The predicted molar refractivity (Wildman–Crippen MR) is 50.3 cm³/mol. The van der Waals surface area contributed by atoms with Gasteiger partial charge in [-0.05, 0) is 25.4 Å². The molecule has 0 unspecified atom stereocenters. The topological polar surface area (TPSA) is 63.3 Å². The highest BCUT2D eigenvalue weighted by Gasteiger charge is 2.14. The molecule has 0 aromatic rings. The van der Waals surface area contributed by atoms with E-state index in [2.05, 4.69) is 0 Å². The standard InChI is InChI=1S/C5H11NO2.H6Si2/c1-3(2)4(6)5(7)8;1-2/h3-4H,6H2,1-2H3,(H,7,8);1-2H3/t4-;/m0./s1. The minimum Gasteiger partial charge on any atom is -0.480 e. The Morgan fingerprint density at radius 1 is 1.50 bits per heavy atom. The maximum Gasteiger partial charge on any atom is 0.320 e. The zero-order valence-electron chi connectivity index (χ0n) is 7.09. The fourth-order valence-electron chi connectivity index (χ4n) is 0.285. The second kappa shape index (κ2) is 6.98. The molecular formula is C5H17NO2Si2. The molecule has 0 amide bonds. The molecule has 0 aliphatic carbocycles. The van der Waals surface area contributed by atoms with Gasteiger partial charge >= 0.3 is 5.97 Å². The van der Waals surface area contributed by atoms with Gasteiger partial charge in [-0.1, -0.05) is 13.8 Å². The first-order valence-electron chi connectivity index (χ1n) is 3.54. The number of carboxylic acid groups (broad SMARTS) is 1. The number of hydrogen-bond acceptors (Lipinski definition) is 2. The summed E-state index contributed by atoms with van der Waals surface area (Å²) in [5.41, 5.74) is 5.16. The number of carbonyl (C=O) groups is 1. The third-order valence-electron chi connectivity index (χ3n) is 1.00. The lowest BCUT2D eigenvalue weighted by molar-refractivity contribution is -0.139. The van der Waals surface area contributed by atoms with E-state index in [-0.39, 0.29) is 5.92 Å². The van der Waals surface area contributed by atoms with Crippen molar-refractivity contribution < 1.29 is 9.90 Å². The van der Waals surface area contributed by atoms with Gasteiger partial charge < -0.3 is 10.8 Å². The first-order valence-corrected chi connectivity index (χ1v) is 11.5.